The Bertz CT molecular complexity index is 1410. The van der Waals surface area contributed by atoms with Crippen molar-refractivity contribution < 1.29 is 27.4 Å². The highest BCUT2D eigenvalue weighted by Gasteiger charge is 2.34. The van der Waals surface area contributed by atoms with Crippen LogP contribution in [0.2, 0.25) is 0 Å². The average Bonchev–Trinajstić information content (AvgIpc) is 2.92. The fourth-order valence-corrected chi connectivity index (χ4v) is 4.57. The standard InChI is InChI=1S/C27H27F4N5O3/c1-32-19-9-11-35(12-10-19)26-34-24(18-5-8-22(33-2)21(28)15-18)23(25(38)36(26)16-27(29,30)31)17-3-6-20(7-4-17)39-14-13-37/h3-8,15,19,32,37H,9-14,16H2,1H3. The number of alkyl halides is 3. The zero-order chi connectivity index (χ0) is 28.2. The van der Waals surface area contributed by atoms with Crippen LogP contribution in [0.4, 0.5) is 29.2 Å². The average molecular weight is 546 g/mol. The van der Waals surface area contributed by atoms with Gasteiger partial charge < -0.3 is 20.1 Å². The number of aromatic nitrogens is 2. The summed E-state index contributed by atoms with van der Waals surface area (Å²) >= 11 is 0. The molecule has 1 aliphatic heterocycles. The third kappa shape index (κ3) is 6.38. The van der Waals surface area contributed by atoms with E-state index in [-0.39, 0.29) is 53.3 Å². The number of anilines is 1. The fraction of sp³-hybridized carbons (Fsp3) is 0.370. The molecule has 0 amide bonds. The number of nitrogens with one attached hydrogen (secondary N) is 1. The molecule has 2 heterocycles. The molecule has 0 atom stereocenters. The van der Waals surface area contributed by atoms with Crippen molar-refractivity contribution in [2.24, 2.45) is 0 Å². The predicted octanol–water partition coefficient (Wildman–Crippen LogP) is 4.39. The molecule has 0 bridgehead atoms. The van der Waals surface area contributed by atoms with Gasteiger partial charge in [-0.25, -0.2) is 14.2 Å². The van der Waals surface area contributed by atoms with Gasteiger partial charge in [0, 0.05) is 24.7 Å². The maximum Gasteiger partial charge on any atom is 0.406 e. The third-order valence-corrected chi connectivity index (χ3v) is 6.52. The van der Waals surface area contributed by atoms with Crippen molar-refractivity contribution in [1.82, 2.24) is 14.9 Å². The zero-order valence-electron chi connectivity index (χ0n) is 21.1. The SMILES string of the molecule is [C-]#[N+]c1ccc(-c2nc(N3CCC(NC)CC3)n(CC(F)(F)F)c(=O)c2-c2ccc(OCCO)cc2)cc1F. The molecule has 3 aromatic rings. The number of piperidine rings is 1. The molecule has 1 saturated heterocycles. The van der Waals surface area contributed by atoms with E-state index in [9.17, 15) is 22.4 Å². The number of aliphatic hydroxyl groups excluding tert-OH is 1. The summed E-state index contributed by atoms with van der Waals surface area (Å²) in [6.07, 6.45) is -3.42. The molecule has 1 aliphatic rings. The topological polar surface area (TPSA) is 84.0 Å². The van der Waals surface area contributed by atoms with E-state index in [1.807, 2.05) is 7.05 Å². The number of halogens is 4. The molecule has 8 nitrogen and oxygen atoms in total. The molecule has 1 aromatic heterocycles. The molecule has 0 unspecified atom stereocenters. The number of benzene rings is 2. The van der Waals surface area contributed by atoms with E-state index in [2.05, 4.69) is 15.1 Å². The van der Waals surface area contributed by atoms with Gasteiger partial charge in [-0.3, -0.25) is 9.36 Å². The van der Waals surface area contributed by atoms with Gasteiger partial charge in [0.2, 0.25) is 11.6 Å². The Morgan fingerprint density at radius 2 is 1.82 bits per heavy atom. The first-order valence-electron chi connectivity index (χ1n) is 12.3. The van der Waals surface area contributed by atoms with Gasteiger partial charge in [0.1, 0.15) is 24.7 Å². The van der Waals surface area contributed by atoms with Crippen LogP contribution in [0.1, 0.15) is 12.8 Å². The minimum absolute atomic E-state index is 0.00335. The van der Waals surface area contributed by atoms with E-state index >= 15 is 0 Å². The van der Waals surface area contributed by atoms with E-state index in [1.54, 1.807) is 4.90 Å². The summed E-state index contributed by atoms with van der Waals surface area (Å²) in [5, 5.41) is 12.1. The minimum atomic E-state index is -4.70. The van der Waals surface area contributed by atoms with Gasteiger partial charge in [-0.1, -0.05) is 24.3 Å². The monoisotopic (exact) mass is 545 g/mol. The summed E-state index contributed by atoms with van der Waals surface area (Å²) in [5.41, 5.74) is -0.893. The summed E-state index contributed by atoms with van der Waals surface area (Å²) in [4.78, 5) is 23.2. The van der Waals surface area contributed by atoms with Crippen LogP contribution in [0.3, 0.4) is 0 Å². The van der Waals surface area contributed by atoms with Crippen molar-refractivity contribution in [3.8, 4) is 28.1 Å². The minimum Gasteiger partial charge on any atom is -0.491 e. The first kappa shape index (κ1) is 28.1. The van der Waals surface area contributed by atoms with E-state index in [0.29, 0.717) is 36.2 Å². The lowest BCUT2D eigenvalue weighted by molar-refractivity contribution is -0.141. The second kappa shape index (κ2) is 11.8. The molecule has 4 rings (SSSR count). The Hall–Kier alpha value is -3.95. The van der Waals surface area contributed by atoms with Crippen molar-refractivity contribution >= 4 is 11.6 Å². The number of ether oxygens (including phenoxy) is 1. The molecule has 0 radical (unpaired) electrons. The Labute approximate surface area is 222 Å². The van der Waals surface area contributed by atoms with Crippen molar-refractivity contribution in [3.05, 3.63) is 70.1 Å². The summed E-state index contributed by atoms with van der Waals surface area (Å²) < 4.78 is 61.8. The molecule has 1 fully saturated rings. The Balaban J connectivity index is 1.95. The molecule has 2 N–H and O–H groups in total. The van der Waals surface area contributed by atoms with Crippen LogP contribution in [0.25, 0.3) is 27.2 Å². The molecule has 12 heteroatoms. The third-order valence-electron chi connectivity index (χ3n) is 6.52. The van der Waals surface area contributed by atoms with Gasteiger partial charge in [-0.2, -0.15) is 13.2 Å². The van der Waals surface area contributed by atoms with E-state index < -0.39 is 24.1 Å². The molecular formula is C27H27F4N5O3. The van der Waals surface area contributed by atoms with Crippen LogP contribution in [-0.4, -0.2) is 60.2 Å². The Morgan fingerprint density at radius 3 is 2.38 bits per heavy atom. The second-order valence-electron chi connectivity index (χ2n) is 9.07. The zero-order valence-corrected chi connectivity index (χ0v) is 21.1. The van der Waals surface area contributed by atoms with Gasteiger partial charge in [0.15, 0.2) is 0 Å². The number of aliphatic hydroxyl groups is 1. The second-order valence-corrected chi connectivity index (χ2v) is 9.07. The fourth-order valence-electron chi connectivity index (χ4n) is 4.57. The first-order valence-corrected chi connectivity index (χ1v) is 12.3. The Kier molecular flexibility index (Phi) is 8.52. The number of hydrogen-bond acceptors (Lipinski definition) is 6. The quantitative estimate of drug-likeness (QED) is 0.323. The normalized spacial score (nSPS) is 14.3. The molecule has 0 aliphatic carbocycles. The highest BCUT2D eigenvalue weighted by Crippen LogP contribution is 2.34. The van der Waals surface area contributed by atoms with Gasteiger partial charge in [0.05, 0.1) is 24.4 Å². The van der Waals surface area contributed by atoms with Crippen LogP contribution >= 0.6 is 0 Å². The lowest BCUT2D eigenvalue weighted by Gasteiger charge is -2.34. The van der Waals surface area contributed by atoms with Crippen molar-refractivity contribution in [1.29, 1.82) is 0 Å². The van der Waals surface area contributed by atoms with Crippen molar-refractivity contribution in [3.63, 3.8) is 0 Å². The predicted molar refractivity (Wildman–Crippen MR) is 139 cm³/mol. The summed E-state index contributed by atoms with van der Waals surface area (Å²) in [6.45, 7) is 6.14. The molecule has 39 heavy (non-hydrogen) atoms. The van der Waals surface area contributed by atoms with E-state index in [1.165, 1.54) is 36.4 Å². The summed E-state index contributed by atoms with van der Waals surface area (Å²) in [5.74, 6) is -0.601. The van der Waals surface area contributed by atoms with Crippen molar-refractivity contribution in [2.75, 3.05) is 38.3 Å². The molecule has 206 valence electrons. The largest absolute Gasteiger partial charge is 0.491 e. The van der Waals surface area contributed by atoms with Gasteiger partial charge >= 0.3 is 6.18 Å². The van der Waals surface area contributed by atoms with E-state index in [4.69, 9.17) is 16.4 Å². The number of rotatable bonds is 8. The number of hydrogen-bond donors (Lipinski definition) is 2. The van der Waals surface area contributed by atoms with Gasteiger partial charge in [-0.05, 0) is 43.7 Å². The van der Waals surface area contributed by atoms with E-state index in [0.717, 1.165) is 6.07 Å². The maximum atomic E-state index is 14.7. The van der Waals surface area contributed by atoms with Crippen molar-refractivity contribution in [2.45, 2.75) is 31.6 Å². The highest BCUT2D eigenvalue weighted by molar-refractivity contribution is 5.82. The van der Waals surface area contributed by atoms with Crippen LogP contribution in [0, 0.1) is 12.4 Å². The van der Waals surface area contributed by atoms with Crippen LogP contribution in [-0.2, 0) is 6.54 Å². The molecule has 2 aromatic carbocycles. The lowest BCUT2D eigenvalue weighted by Crippen LogP contribution is -2.44. The van der Waals surface area contributed by atoms with Gasteiger partial charge in [0.25, 0.3) is 5.56 Å². The first-order chi connectivity index (χ1) is 18.6. The smallest absolute Gasteiger partial charge is 0.406 e. The van der Waals surface area contributed by atoms with Crippen LogP contribution in [0.5, 0.6) is 5.75 Å². The number of nitrogens with zero attached hydrogens (tertiary/aromatic N) is 4. The van der Waals surface area contributed by atoms with Gasteiger partial charge in [-0.15, -0.1) is 0 Å². The lowest BCUT2D eigenvalue weighted by atomic mass is 9.99. The van der Waals surface area contributed by atoms with Crippen LogP contribution in [0.15, 0.2) is 47.3 Å². The molecule has 0 saturated carbocycles. The highest BCUT2D eigenvalue weighted by atomic mass is 19.4. The summed E-state index contributed by atoms with van der Waals surface area (Å²) in [6, 6.07) is 9.93. The molecule has 0 spiro atoms. The van der Waals surface area contributed by atoms with Crippen LogP contribution < -0.4 is 20.5 Å². The summed E-state index contributed by atoms with van der Waals surface area (Å²) in [7, 11) is 1.81. The Morgan fingerprint density at radius 1 is 1.15 bits per heavy atom. The molecular weight excluding hydrogens is 518 g/mol. The maximum absolute atomic E-state index is 14.7.